The number of hydrogen-bond donors (Lipinski definition) is 1. The van der Waals surface area contributed by atoms with Crippen LogP contribution in [0.5, 0.6) is 5.75 Å². The smallest absolute Gasteiger partial charge is 0.278 e. The van der Waals surface area contributed by atoms with Gasteiger partial charge in [-0.3, -0.25) is 9.63 Å². The average molecular weight is 237 g/mol. The molecule has 1 amide bonds. The summed E-state index contributed by atoms with van der Waals surface area (Å²) in [4.78, 5) is 16.9. The van der Waals surface area contributed by atoms with Gasteiger partial charge < -0.3 is 4.74 Å². The predicted molar refractivity (Wildman–Crippen MR) is 65.9 cm³/mol. The second-order valence-corrected chi connectivity index (χ2v) is 4.07. The summed E-state index contributed by atoms with van der Waals surface area (Å²) < 4.78 is 5.37. The highest BCUT2D eigenvalue weighted by atomic mass is 16.7. The number of hydroxylamine groups is 1. The van der Waals surface area contributed by atoms with E-state index in [0.29, 0.717) is 30.4 Å². The van der Waals surface area contributed by atoms with Crippen molar-refractivity contribution < 1.29 is 14.4 Å². The highest BCUT2D eigenvalue weighted by Crippen LogP contribution is 2.17. The van der Waals surface area contributed by atoms with Gasteiger partial charge >= 0.3 is 0 Å². The first-order chi connectivity index (χ1) is 8.15. The Kier molecular flexibility index (Phi) is 5.49. The van der Waals surface area contributed by atoms with Crippen LogP contribution in [0.25, 0.3) is 0 Å². The van der Waals surface area contributed by atoms with Crippen molar-refractivity contribution in [3.63, 3.8) is 0 Å². The molecular formula is C13H19NO3. The Morgan fingerprint density at radius 2 is 2.06 bits per heavy atom. The maximum absolute atomic E-state index is 11.8. The zero-order valence-corrected chi connectivity index (χ0v) is 10.5. The number of carbonyl (C=O) groups is 1. The van der Waals surface area contributed by atoms with Crippen molar-refractivity contribution >= 4 is 5.91 Å². The first-order valence-electron chi connectivity index (χ1n) is 5.79. The zero-order chi connectivity index (χ0) is 12.7. The molecule has 1 aromatic carbocycles. The van der Waals surface area contributed by atoms with Crippen molar-refractivity contribution in [1.29, 1.82) is 0 Å². The van der Waals surface area contributed by atoms with Crippen LogP contribution in [-0.2, 0) is 4.84 Å². The summed E-state index contributed by atoms with van der Waals surface area (Å²) in [5.74, 6) is 0.660. The van der Waals surface area contributed by atoms with E-state index in [1.165, 1.54) is 0 Å². The van der Waals surface area contributed by atoms with Gasteiger partial charge in [0.15, 0.2) is 0 Å². The Morgan fingerprint density at radius 1 is 1.35 bits per heavy atom. The van der Waals surface area contributed by atoms with Crippen LogP contribution in [0.4, 0.5) is 0 Å². The van der Waals surface area contributed by atoms with E-state index < -0.39 is 0 Å². The van der Waals surface area contributed by atoms with E-state index in [9.17, 15) is 4.79 Å². The van der Waals surface area contributed by atoms with E-state index in [1.807, 2.05) is 26.8 Å². The van der Waals surface area contributed by atoms with Gasteiger partial charge in [0.05, 0.1) is 18.8 Å². The Labute approximate surface area is 102 Å². The van der Waals surface area contributed by atoms with E-state index >= 15 is 0 Å². The Hall–Kier alpha value is -1.55. The summed E-state index contributed by atoms with van der Waals surface area (Å²) in [7, 11) is 0. The second kappa shape index (κ2) is 6.91. The number of carbonyl (C=O) groups excluding carboxylic acids is 1. The zero-order valence-electron chi connectivity index (χ0n) is 10.5. The third-order valence-corrected chi connectivity index (χ3v) is 2.01. The summed E-state index contributed by atoms with van der Waals surface area (Å²) in [6.45, 7) is 6.92. The molecule has 4 heteroatoms. The van der Waals surface area contributed by atoms with Gasteiger partial charge in [-0.25, -0.2) is 5.48 Å². The van der Waals surface area contributed by atoms with Crippen molar-refractivity contribution in [2.45, 2.75) is 20.8 Å². The lowest BCUT2D eigenvalue weighted by Crippen LogP contribution is -2.26. The molecule has 1 aromatic rings. The van der Waals surface area contributed by atoms with Crippen molar-refractivity contribution in [2.75, 3.05) is 13.2 Å². The molecule has 0 aliphatic rings. The predicted octanol–water partition coefficient (Wildman–Crippen LogP) is 2.40. The second-order valence-electron chi connectivity index (χ2n) is 4.07. The number of rotatable bonds is 6. The molecule has 0 unspecified atom stereocenters. The van der Waals surface area contributed by atoms with Gasteiger partial charge in [-0.1, -0.05) is 26.0 Å². The van der Waals surface area contributed by atoms with Crippen LogP contribution >= 0.6 is 0 Å². The fraction of sp³-hybridized carbons (Fsp3) is 0.462. The van der Waals surface area contributed by atoms with E-state index in [-0.39, 0.29) is 5.91 Å². The normalized spacial score (nSPS) is 10.4. The minimum Gasteiger partial charge on any atom is -0.493 e. The van der Waals surface area contributed by atoms with Crippen molar-refractivity contribution in [1.82, 2.24) is 5.48 Å². The number of benzene rings is 1. The summed E-state index contributed by atoms with van der Waals surface area (Å²) in [5.41, 5.74) is 2.89. The van der Waals surface area contributed by atoms with E-state index in [0.717, 1.165) is 0 Å². The molecule has 0 saturated heterocycles. The number of para-hydroxylation sites is 1. The maximum atomic E-state index is 11.8. The van der Waals surface area contributed by atoms with Crippen LogP contribution < -0.4 is 10.2 Å². The number of ether oxygens (including phenoxy) is 1. The Bertz CT molecular complexity index is 363. The Morgan fingerprint density at radius 3 is 2.71 bits per heavy atom. The largest absolute Gasteiger partial charge is 0.493 e. The van der Waals surface area contributed by atoms with Gasteiger partial charge in [0.2, 0.25) is 0 Å². The molecule has 0 radical (unpaired) electrons. The van der Waals surface area contributed by atoms with Crippen LogP contribution in [0.3, 0.4) is 0 Å². The van der Waals surface area contributed by atoms with Gasteiger partial charge in [-0.05, 0) is 25.0 Å². The van der Waals surface area contributed by atoms with Gasteiger partial charge in [0, 0.05) is 0 Å². The molecule has 0 atom stereocenters. The van der Waals surface area contributed by atoms with E-state index in [4.69, 9.17) is 9.57 Å². The number of hydrogen-bond acceptors (Lipinski definition) is 3. The fourth-order valence-electron chi connectivity index (χ4n) is 1.26. The molecule has 1 rings (SSSR count). The lowest BCUT2D eigenvalue weighted by Gasteiger charge is -2.11. The third kappa shape index (κ3) is 4.44. The molecular weight excluding hydrogens is 218 g/mol. The number of amides is 1. The molecule has 4 nitrogen and oxygen atoms in total. The standard InChI is InChI=1S/C13H19NO3/c1-4-16-12-8-6-5-7-11(12)13(15)14-17-9-10(2)3/h5-8,10H,4,9H2,1-3H3,(H,14,15). The van der Waals surface area contributed by atoms with Crippen LogP contribution in [0.15, 0.2) is 24.3 Å². The fourth-order valence-corrected chi connectivity index (χ4v) is 1.26. The monoisotopic (exact) mass is 237 g/mol. The lowest BCUT2D eigenvalue weighted by molar-refractivity contribution is 0.0206. The van der Waals surface area contributed by atoms with Crippen molar-refractivity contribution in [3.8, 4) is 5.75 Å². The molecule has 0 bridgehead atoms. The molecule has 1 N–H and O–H groups in total. The minimum absolute atomic E-state index is 0.283. The van der Waals surface area contributed by atoms with Crippen LogP contribution in [-0.4, -0.2) is 19.1 Å². The van der Waals surface area contributed by atoms with Crippen molar-refractivity contribution in [2.24, 2.45) is 5.92 Å². The summed E-state index contributed by atoms with van der Waals surface area (Å²) in [5, 5.41) is 0. The quantitative estimate of drug-likeness (QED) is 0.773. The van der Waals surface area contributed by atoms with E-state index in [2.05, 4.69) is 5.48 Å². The molecule has 0 aliphatic heterocycles. The van der Waals surface area contributed by atoms with Gasteiger partial charge in [0.25, 0.3) is 5.91 Å². The molecule has 0 heterocycles. The van der Waals surface area contributed by atoms with Gasteiger partial charge in [-0.2, -0.15) is 0 Å². The van der Waals surface area contributed by atoms with Crippen LogP contribution in [0, 0.1) is 5.92 Å². The molecule has 0 spiro atoms. The lowest BCUT2D eigenvalue weighted by atomic mass is 10.2. The van der Waals surface area contributed by atoms with Crippen LogP contribution in [0.1, 0.15) is 31.1 Å². The van der Waals surface area contributed by atoms with Crippen LogP contribution in [0.2, 0.25) is 0 Å². The molecule has 0 fully saturated rings. The summed E-state index contributed by atoms with van der Waals surface area (Å²) in [6, 6.07) is 7.09. The third-order valence-electron chi connectivity index (χ3n) is 2.01. The molecule has 94 valence electrons. The van der Waals surface area contributed by atoms with Crippen molar-refractivity contribution in [3.05, 3.63) is 29.8 Å². The van der Waals surface area contributed by atoms with Gasteiger partial charge in [-0.15, -0.1) is 0 Å². The topological polar surface area (TPSA) is 47.6 Å². The highest BCUT2D eigenvalue weighted by molar-refractivity contribution is 5.96. The summed E-state index contributed by atoms with van der Waals surface area (Å²) in [6.07, 6.45) is 0. The summed E-state index contributed by atoms with van der Waals surface area (Å²) >= 11 is 0. The first kappa shape index (κ1) is 13.5. The Balaban J connectivity index is 2.61. The molecule has 17 heavy (non-hydrogen) atoms. The van der Waals surface area contributed by atoms with Gasteiger partial charge in [0.1, 0.15) is 5.75 Å². The highest BCUT2D eigenvalue weighted by Gasteiger charge is 2.11. The first-order valence-corrected chi connectivity index (χ1v) is 5.79. The van der Waals surface area contributed by atoms with E-state index in [1.54, 1.807) is 18.2 Å². The average Bonchev–Trinajstić information content (AvgIpc) is 2.29. The molecule has 0 aromatic heterocycles. The number of nitrogens with one attached hydrogen (secondary N) is 1. The maximum Gasteiger partial charge on any atom is 0.278 e. The molecule has 0 aliphatic carbocycles. The minimum atomic E-state index is -0.283. The SMILES string of the molecule is CCOc1ccccc1C(=O)NOCC(C)C. The molecule has 0 saturated carbocycles.